The lowest BCUT2D eigenvalue weighted by molar-refractivity contribution is -0.193. The summed E-state index contributed by atoms with van der Waals surface area (Å²) in [6.45, 7) is 10.9. The third-order valence-electron chi connectivity index (χ3n) is 4.52. The summed E-state index contributed by atoms with van der Waals surface area (Å²) in [5.74, 6) is -6.18. The van der Waals surface area contributed by atoms with E-state index in [2.05, 4.69) is 23.6 Å². The van der Waals surface area contributed by atoms with Gasteiger partial charge in [-0.15, -0.1) is 0 Å². The molecule has 15 heteroatoms. The maximum atomic E-state index is 11.2. The summed E-state index contributed by atoms with van der Waals surface area (Å²) < 4.78 is 68.8. The highest BCUT2D eigenvalue weighted by Gasteiger charge is 2.39. The normalized spacial score (nSPS) is 20.2. The van der Waals surface area contributed by atoms with Crippen molar-refractivity contribution in [1.29, 1.82) is 0 Å². The van der Waals surface area contributed by atoms with Gasteiger partial charge in [-0.05, 0) is 24.8 Å². The van der Waals surface area contributed by atoms with Crippen LogP contribution in [0.25, 0.3) is 0 Å². The smallest absolute Gasteiger partial charge is 0.480 e. The van der Waals surface area contributed by atoms with Crippen molar-refractivity contribution in [2.75, 3.05) is 45.9 Å². The average Bonchev–Trinajstić information content (AvgIpc) is 3.09. The van der Waals surface area contributed by atoms with Gasteiger partial charge in [0.1, 0.15) is 6.04 Å². The minimum Gasteiger partial charge on any atom is -0.480 e. The number of nitrogens with zero attached hydrogens (tertiary/aromatic N) is 2. The Bertz CT molecular complexity index is 625. The van der Waals surface area contributed by atoms with Gasteiger partial charge in [0.2, 0.25) is 0 Å². The summed E-state index contributed by atoms with van der Waals surface area (Å²) in [5, 5.41) is 23.5. The SMILES string of the molecule is CC(C)(CN1CCOCC1)CN1CCC[C@H]1C(=O)O.O=C(O)C(F)(F)F.O=C(O)C(F)(F)F. The standard InChI is InChI=1S/C14H26N2O3.2C2HF3O2/c1-14(2,10-15-6-8-19-9-7-15)11-16-5-3-4-12(16)13(17)18;2*3-2(4,5)1(6)7/h12H,3-11H2,1-2H3,(H,17,18);2*(H,6,7)/t12-;;/m0../s1. The van der Waals surface area contributed by atoms with Crippen molar-refractivity contribution in [2.24, 2.45) is 5.41 Å². The lowest BCUT2D eigenvalue weighted by atomic mass is 9.91. The Hall–Kier alpha value is -2.13. The molecule has 0 spiro atoms. The number of aliphatic carboxylic acids is 3. The molecule has 3 N–H and O–H groups in total. The Morgan fingerprint density at radius 1 is 0.848 bits per heavy atom. The first-order valence-corrected chi connectivity index (χ1v) is 9.74. The van der Waals surface area contributed by atoms with Crippen LogP contribution >= 0.6 is 0 Å². The number of morpholine rings is 1. The van der Waals surface area contributed by atoms with Gasteiger partial charge in [-0.2, -0.15) is 26.3 Å². The molecule has 2 heterocycles. The summed E-state index contributed by atoms with van der Waals surface area (Å²) in [5.41, 5.74) is 0.120. The molecule has 0 unspecified atom stereocenters. The van der Waals surface area contributed by atoms with Crippen molar-refractivity contribution in [1.82, 2.24) is 9.80 Å². The fourth-order valence-corrected chi connectivity index (χ4v) is 3.26. The molecule has 0 aliphatic carbocycles. The molecule has 0 aromatic carbocycles. The number of carboxylic acid groups (broad SMARTS) is 3. The molecule has 2 saturated heterocycles. The van der Waals surface area contributed by atoms with E-state index in [-0.39, 0.29) is 11.5 Å². The molecule has 33 heavy (non-hydrogen) atoms. The van der Waals surface area contributed by atoms with Crippen molar-refractivity contribution < 1.29 is 60.8 Å². The summed E-state index contributed by atoms with van der Waals surface area (Å²) in [4.78, 5) is 33.6. The van der Waals surface area contributed by atoms with E-state index in [1.165, 1.54) is 0 Å². The Kier molecular flexibility index (Phi) is 12.1. The van der Waals surface area contributed by atoms with Crippen molar-refractivity contribution in [3.8, 4) is 0 Å². The van der Waals surface area contributed by atoms with Crippen molar-refractivity contribution in [3.05, 3.63) is 0 Å². The molecule has 194 valence electrons. The minimum absolute atomic E-state index is 0.120. The maximum Gasteiger partial charge on any atom is 0.490 e. The first-order valence-electron chi connectivity index (χ1n) is 9.74. The zero-order chi connectivity index (χ0) is 26.0. The molecular weight excluding hydrogens is 470 g/mol. The topological polar surface area (TPSA) is 128 Å². The van der Waals surface area contributed by atoms with Gasteiger partial charge in [0.05, 0.1) is 13.2 Å². The van der Waals surface area contributed by atoms with Crippen LogP contribution in [0.4, 0.5) is 26.3 Å². The van der Waals surface area contributed by atoms with Gasteiger partial charge < -0.3 is 20.1 Å². The molecule has 0 aromatic rings. The highest BCUT2D eigenvalue weighted by molar-refractivity contribution is 5.74. The van der Waals surface area contributed by atoms with E-state index in [1.807, 2.05) is 0 Å². The second-order valence-corrected chi connectivity index (χ2v) is 8.13. The maximum absolute atomic E-state index is 11.2. The number of ether oxygens (including phenoxy) is 1. The Morgan fingerprint density at radius 3 is 1.64 bits per heavy atom. The fraction of sp³-hybridized carbons (Fsp3) is 0.833. The number of rotatable bonds is 5. The molecule has 0 amide bonds. The highest BCUT2D eigenvalue weighted by Crippen LogP contribution is 2.25. The quantitative estimate of drug-likeness (QED) is 0.489. The van der Waals surface area contributed by atoms with E-state index >= 15 is 0 Å². The zero-order valence-electron chi connectivity index (χ0n) is 18.1. The van der Waals surface area contributed by atoms with Gasteiger partial charge in [0.15, 0.2) is 0 Å². The molecule has 0 radical (unpaired) electrons. The number of alkyl halides is 6. The summed E-state index contributed by atoms with van der Waals surface area (Å²) in [6, 6.07) is -0.274. The minimum atomic E-state index is -5.08. The second-order valence-electron chi connectivity index (χ2n) is 8.13. The number of hydrogen-bond acceptors (Lipinski definition) is 6. The monoisotopic (exact) mass is 498 g/mol. The first kappa shape index (κ1) is 30.9. The van der Waals surface area contributed by atoms with Gasteiger partial charge in [0.25, 0.3) is 0 Å². The molecular formula is C18H28F6N2O7. The lowest BCUT2D eigenvalue weighted by Crippen LogP contribution is -2.48. The van der Waals surface area contributed by atoms with Crippen LogP contribution in [0, 0.1) is 5.41 Å². The van der Waals surface area contributed by atoms with Gasteiger partial charge in [0, 0.05) is 26.2 Å². The molecule has 0 aromatic heterocycles. The number of carboxylic acids is 3. The van der Waals surface area contributed by atoms with Crippen molar-refractivity contribution in [2.45, 2.75) is 45.1 Å². The fourth-order valence-electron chi connectivity index (χ4n) is 3.26. The third-order valence-corrected chi connectivity index (χ3v) is 4.52. The van der Waals surface area contributed by atoms with E-state index in [9.17, 15) is 36.2 Å². The van der Waals surface area contributed by atoms with Gasteiger partial charge in [-0.25, -0.2) is 9.59 Å². The van der Waals surface area contributed by atoms with Gasteiger partial charge in [-0.3, -0.25) is 14.6 Å². The predicted octanol–water partition coefficient (Wildman–Crippen LogP) is 2.16. The first-order chi connectivity index (χ1) is 14.9. The van der Waals surface area contributed by atoms with E-state index in [0.29, 0.717) is 0 Å². The van der Waals surface area contributed by atoms with Gasteiger partial charge >= 0.3 is 30.3 Å². The zero-order valence-corrected chi connectivity index (χ0v) is 18.1. The van der Waals surface area contributed by atoms with E-state index < -0.39 is 30.3 Å². The molecule has 0 bridgehead atoms. The van der Waals surface area contributed by atoms with Crippen LogP contribution < -0.4 is 0 Å². The average molecular weight is 498 g/mol. The third kappa shape index (κ3) is 13.2. The highest BCUT2D eigenvalue weighted by atomic mass is 19.4. The largest absolute Gasteiger partial charge is 0.490 e. The lowest BCUT2D eigenvalue weighted by Gasteiger charge is -2.38. The van der Waals surface area contributed by atoms with Gasteiger partial charge in [-0.1, -0.05) is 13.8 Å². The Morgan fingerprint density at radius 2 is 1.27 bits per heavy atom. The molecule has 0 saturated carbocycles. The van der Waals surface area contributed by atoms with E-state index in [4.69, 9.17) is 24.5 Å². The van der Waals surface area contributed by atoms with Crippen molar-refractivity contribution >= 4 is 17.9 Å². The molecule has 2 rings (SSSR count). The molecule has 2 aliphatic heterocycles. The summed E-state index contributed by atoms with van der Waals surface area (Å²) in [6.07, 6.45) is -8.37. The number of likely N-dealkylation sites (tertiary alicyclic amines) is 1. The number of halogens is 6. The molecule has 2 fully saturated rings. The Balaban J connectivity index is 0.000000605. The summed E-state index contributed by atoms with van der Waals surface area (Å²) >= 11 is 0. The van der Waals surface area contributed by atoms with E-state index in [1.54, 1.807) is 0 Å². The number of carbonyl (C=O) groups is 3. The van der Waals surface area contributed by atoms with Crippen LogP contribution in [0.15, 0.2) is 0 Å². The van der Waals surface area contributed by atoms with Crippen LogP contribution in [0.5, 0.6) is 0 Å². The van der Waals surface area contributed by atoms with Crippen LogP contribution in [-0.2, 0) is 19.1 Å². The predicted molar refractivity (Wildman–Crippen MR) is 101 cm³/mol. The molecule has 9 nitrogen and oxygen atoms in total. The van der Waals surface area contributed by atoms with Crippen LogP contribution in [0.1, 0.15) is 26.7 Å². The van der Waals surface area contributed by atoms with Crippen LogP contribution in [0.2, 0.25) is 0 Å². The van der Waals surface area contributed by atoms with Crippen LogP contribution in [-0.4, -0.2) is 107 Å². The molecule has 1 atom stereocenters. The Labute approximate surface area is 185 Å². The second kappa shape index (κ2) is 12.9. The molecule has 2 aliphatic rings. The van der Waals surface area contributed by atoms with Crippen molar-refractivity contribution in [3.63, 3.8) is 0 Å². The van der Waals surface area contributed by atoms with Crippen LogP contribution in [0.3, 0.4) is 0 Å². The summed E-state index contributed by atoms with van der Waals surface area (Å²) in [7, 11) is 0. The number of hydrogen-bond donors (Lipinski definition) is 3. The van der Waals surface area contributed by atoms with E-state index in [0.717, 1.165) is 58.8 Å².